The van der Waals surface area contributed by atoms with Crippen LogP contribution in [0.2, 0.25) is 5.02 Å². The van der Waals surface area contributed by atoms with Crippen LogP contribution in [0.15, 0.2) is 36.4 Å². The Morgan fingerprint density at radius 3 is 2.48 bits per heavy atom. The summed E-state index contributed by atoms with van der Waals surface area (Å²) in [6.45, 7) is 0.0839. The Morgan fingerprint density at radius 1 is 1.20 bits per heavy atom. The fourth-order valence-corrected chi connectivity index (χ4v) is 2.47. The zero-order valence-electron chi connectivity index (χ0n) is 13.9. The molecule has 0 unspecified atom stereocenters. The maximum atomic E-state index is 9.47. The van der Waals surface area contributed by atoms with E-state index in [1.54, 1.807) is 37.5 Å². The molecular formula is C20H16ClNO3. The molecule has 0 radical (unpaired) electrons. The molecule has 0 saturated heterocycles. The highest BCUT2D eigenvalue weighted by Gasteiger charge is 2.12. The van der Waals surface area contributed by atoms with E-state index in [-0.39, 0.29) is 6.61 Å². The van der Waals surface area contributed by atoms with Crippen molar-refractivity contribution in [1.29, 1.82) is 5.26 Å². The van der Waals surface area contributed by atoms with Crippen molar-refractivity contribution in [3.8, 4) is 35.7 Å². The van der Waals surface area contributed by atoms with Crippen LogP contribution in [0.5, 0.6) is 17.2 Å². The average Bonchev–Trinajstić information content (AvgIpc) is 2.65. The summed E-state index contributed by atoms with van der Waals surface area (Å²) >= 11 is 6.26. The number of rotatable bonds is 6. The molecule has 0 aliphatic heterocycles. The third-order valence-corrected chi connectivity index (χ3v) is 3.66. The molecule has 2 aromatic carbocycles. The van der Waals surface area contributed by atoms with Crippen LogP contribution in [-0.2, 0) is 0 Å². The second kappa shape index (κ2) is 8.68. The summed E-state index contributed by atoms with van der Waals surface area (Å²) in [4.78, 5) is 0. The molecule has 25 heavy (non-hydrogen) atoms. The van der Waals surface area contributed by atoms with Gasteiger partial charge in [0.15, 0.2) is 11.5 Å². The van der Waals surface area contributed by atoms with Gasteiger partial charge in [-0.2, -0.15) is 5.26 Å². The van der Waals surface area contributed by atoms with Gasteiger partial charge in [0.2, 0.25) is 0 Å². The van der Waals surface area contributed by atoms with Gasteiger partial charge in [-0.3, -0.25) is 0 Å². The molecule has 0 fully saturated rings. The van der Waals surface area contributed by atoms with Gasteiger partial charge in [0.25, 0.3) is 0 Å². The molecule has 4 nitrogen and oxygen atoms in total. The van der Waals surface area contributed by atoms with Gasteiger partial charge in [0.05, 0.1) is 30.9 Å². The first-order chi connectivity index (χ1) is 12.1. The second-order valence-electron chi connectivity index (χ2n) is 4.93. The highest BCUT2D eigenvalue weighted by atomic mass is 35.5. The van der Waals surface area contributed by atoms with Crippen molar-refractivity contribution < 1.29 is 14.2 Å². The minimum Gasteiger partial charge on any atom is -0.497 e. The fraction of sp³-hybridized carbons (Fsp3) is 0.150. The van der Waals surface area contributed by atoms with E-state index >= 15 is 0 Å². The van der Waals surface area contributed by atoms with Crippen LogP contribution < -0.4 is 14.2 Å². The van der Waals surface area contributed by atoms with E-state index in [0.717, 1.165) is 11.3 Å². The highest BCUT2D eigenvalue weighted by Crippen LogP contribution is 2.37. The third kappa shape index (κ3) is 4.47. The summed E-state index contributed by atoms with van der Waals surface area (Å²) < 4.78 is 15.8. The number of hydrogen-bond donors (Lipinski definition) is 0. The zero-order valence-corrected chi connectivity index (χ0v) is 14.6. The molecule has 0 aliphatic rings. The highest BCUT2D eigenvalue weighted by molar-refractivity contribution is 6.32. The Morgan fingerprint density at radius 2 is 1.92 bits per heavy atom. The third-order valence-electron chi connectivity index (χ3n) is 3.38. The van der Waals surface area contributed by atoms with Gasteiger partial charge in [0, 0.05) is 0 Å². The van der Waals surface area contributed by atoms with Crippen LogP contribution in [0.3, 0.4) is 0 Å². The Kier molecular flexibility index (Phi) is 6.34. The Balaban J connectivity index is 2.42. The van der Waals surface area contributed by atoms with Crippen molar-refractivity contribution in [2.24, 2.45) is 0 Å². The molecule has 0 N–H and O–H groups in total. The Labute approximate surface area is 152 Å². The minimum atomic E-state index is 0.0839. The molecule has 0 saturated carbocycles. The van der Waals surface area contributed by atoms with E-state index in [4.69, 9.17) is 32.2 Å². The zero-order chi connectivity index (χ0) is 18.2. The number of hydrogen-bond acceptors (Lipinski definition) is 4. The lowest BCUT2D eigenvalue weighted by atomic mass is 10.0. The maximum absolute atomic E-state index is 9.47. The standard InChI is InChI=1S/C20H16ClNO3/c1-4-9-25-20-18(21)11-14(12-19(20)24-3)10-16(13-22)15-5-7-17(23-2)8-6-15/h1,5-8,10-12H,9H2,2-3H3/b16-10+. The lowest BCUT2D eigenvalue weighted by molar-refractivity contribution is 0.331. The molecule has 0 heterocycles. The number of methoxy groups -OCH3 is 2. The quantitative estimate of drug-likeness (QED) is 0.438. The van der Waals surface area contributed by atoms with E-state index in [1.807, 2.05) is 12.1 Å². The minimum absolute atomic E-state index is 0.0839. The number of ether oxygens (including phenoxy) is 3. The van der Waals surface area contributed by atoms with Gasteiger partial charge >= 0.3 is 0 Å². The summed E-state index contributed by atoms with van der Waals surface area (Å²) in [6.07, 6.45) is 6.93. The fourth-order valence-electron chi connectivity index (χ4n) is 2.19. The molecule has 0 atom stereocenters. The molecule has 0 aliphatic carbocycles. The molecule has 126 valence electrons. The molecule has 2 aromatic rings. The lowest BCUT2D eigenvalue weighted by Gasteiger charge is -2.12. The van der Waals surface area contributed by atoms with E-state index in [0.29, 0.717) is 27.7 Å². The molecule has 0 aromatic heterocycles. The molecule has 0 bridgehead atoms. The number of nitriles is 1. The maximum Gasteiger partial charge on any atom is 0.181 e. The molecule has 2 rings (SSSR count). The average molecular weight is 354 g/mol. The van der Waals surface area contributed by atoms with Crippen LogP contribution in [0.1, 0.15) is 11.1 Å². The predicted octanol–water partition coefficient (Wildman–Crippen LogP) is 4.43. The van der Waals surface area contributed by atoms with Crippen LogP contribution in [0.25, 0.3) is 11.6 Å². The first kappa shape index (κ1) is 18.3. The van der Waals surface area contributed by atoms with Crippen molar-refractivity contribution >= 4 is 23.3 Å². The number of allylic oxidation sites excluding steroid dienone is 1. The molecule has 0 spiro atoms. The first-order valence-electron chi connectivity index (χ1n) is 7.33. The van der Waals surface area contributed by atoms with Crippen molar-refractivity contribution in [3.63, 3.8) is 0 Å². The largest absolute Gasteiger partial charge is 0.497 e. The first-order valence-corrected chi connectivity index (χ1v) is 7.70. The molecular weight excluding hydrogens is 338 g/mol. The second-order valence-corrected chi connectivity index (χ2v) is 5.33. The van der Waals surface area contributed by atoms with Crippen LogP contribution >= 0.6 is 11.6 Å². The number of halogens is 1. The summed E-state index contributed by atoms with van der Waals surface area (Å²) in [5.41, 5.74) is 1.96. The molecule has 0 amide bonds. The normalized spacial score (nSPS) is 10.5. The number of benzene rings is 2. The summed E-state index contributed by atoms with van der Waals surface area (Å²) in [5.74, 6) is 3.93. The smallest absolute Gasteiger partial charge is 0.181 e. The Hall–Kier alpha value is -3.08. The van der Waals surface area contributed by atoms with E-state index < -0.39 is 0 Å². The van der Waals surface area contributed by atoms with Gasteiger partial charge < -0.3 is 14.2 Å². The van der Waals surface area contributed by atoms with Crippen molar-refractivity contribution in [1.82, 2.24) is 0 Å². The number of nitrogens with zero attached hydrogens (tertiary/aromatic N) is 1. The molecule has 5 heteroatoms. The van der Waals surface area contributed by atoms with Crippen molar-refractivity contribution in [2.45, 2.75) is 0 Å². The topological polar surface area (TPSA) is 51.5 Å². The van der Waals surface area contributed by atoms with E-state index in [1.165, 1.54) is 7.11 Å². The van der Waals surface area contributed by atoms with Crippen LogP contribution in [0.4, 0.5) is 0 Å². The van der Waals surface area contributed by atoms with E-state index in [2.05, 4.69) is 12.0 Å². The summed E-state index contributed by atoms with van der Waals surface area (Å²) in [5, 5.41) is 9.83. The Bertz CT molecular complexity index is 858. The van der Waals surface area contributed by atoms with E-state index in [9.17, 15) is 5.26 Å². The van der Waals surface area contributed by atoms with Crippen molar-refractivity contribution in [2.75, 3.05) is 20.8 Å². The number of terminal acetylenes is 1. The van der Waals surface area contributed by atoms with Gasteiger partial charge in [-0.25, -0.2) is 0 Å². The predicted molar refractivity (Wildman–Crippen MR) is 98.8 cm³/mol. The van der Waals surface area contributed by atoms with Gasteiger partial charge in [0.1, 0.15) is 12.4 Å². The van der Waals surface area contributed by atoms with Crippen LogP contribution in [-0.4, -0.2) is 20.8 Å². The van der Waals surface area contributed by atoms with Crippen molar-refractivity contribution in [3.05, 3.63) is 52.5 Å². The summed E-state index contributed by atoms with van der Waals surface area (Å²) in [7, 11) is 3.10. The summed E-state index contributed by atoms with van der Waals surface area (Å²) in [6, 6.07) is 12.8. The SMILES string of the molecule is C#CCOc1c(Cl)cc(/C=C(\C#N)c2ccc(OC)cc2)cc1OC. The van der Waals surface area contributed by atoms with Gasteiger partial charge in [-0.15, -0.1) is 6.42 Å². The van der Waals surface area contributed by atoms with Crippen LogP contribution in [0, 0.1) is 23.7 Å². The van der Waals surface area contributed by atoms with Gasteiger partial charge in [-0.05, 0) is 53.6 Å². The lowest BCUT2D eigenvalue weighted by Crippen LogP contribution is -1.98. The van der Waals surface area contributed by atoms with Gasteiger partial charge in [-0.1, -0.05) is 17.5 Å². The monoisotopic (exact) mass is 353 g/mol.